The van der Waals surface area contributed by atoms with Crippen LogP contribution in [0.5, 0.6) is 5.88 Å². The second kappa shape index (κ2) is 8.43. The van der Waals surface area contributed by atoms with Crippen molar-refractivity contribution < 1.29 is 24.2 Å². The van der Waals surface area contributed by atoms with E-state index in [2.05, 4.69) is 16.5 Å². The first kappa shape index (κ1) is 20.5. The van der Waals surface area contributed by atoms with Gasteiger partial charge in [0.1, 0.15) is 11.6 Å². The summed E-state index contributed by atoms with van der Waals surface area (Å²) in [5.74, 6) is -0.603. The summed E-state index contributed by atoms with van der Waals surface area (Å²) in [5.41, 5.74) is 0.296. The lowest BCUT2D eigenvalue weighted by atomic mass is 10.1. The predicted octanol–water partition coefficient (Wildman–Crippen LogP) is 3.86. The van der Waals surface area contributed by atoms with Crippen molar-refractivity contribution in [1.29, 1.82) is 0 Å². The average molecular weight is 407 g/mol. The Balaban J connectivity index is 1.60. The summed E-state index contributed by atoms with van der Waals surface area (Å²) in [7, 11) is 0. The van der Waals surface area contributed by atoms with Crippen molar-refractivity contribution in [2.24, 2.45) is 5.92 Å². The van der Waals surface area contributed by atoms with Gasteiger partial charge in [0, 0.05) is 18.5 Å². The van der Waals surface area contributed by atoms with Gasteiger partial charge in [-0.2, -0.15) is 0 Å². The van der Waals surface area contributed by atoms with Gasteiger partial charge < -0.3 is 14.6 Å². The van der Waals surface area contributed by atoms with E-state index in [4.69, 9.17) is 9.47 Å². The number of nitrogens with zero attached hydrogens (tertiary/aromatic N) is 2. The zero-order valence-corrected chi connectivity index (χ0v) is 17.1. The zero-order chi connectivity index (χ0) is 20.3. The van der Waals surface area contributed by atoms with Crippen molar-refractivity contribution in [3.8, 4) is 5.88 Å². The number of rotatable bonds is 5. The van der Waals surface area contributed by atoms with E-state index in [0.717, 1.165) is 12.1 Å². The van der Waals surface area contributed by atoms with E-state index in [9.17, 15) is 14.7 Å². The zero-order valence-electron chi connectivity index (χ0n) is 16.3. The summed E-state index contributed by atoms with van der Waals surface area (Å²) in [6, 6.07) is 4.80. The molecule has 2 aliphatic rings. The summed E-state index contributed by atoms with van der Waals surface area (Å²) in [5, 5.41) is 11.9. The molecule has 1 unspecified atom stereocenters. The van der Waals surface area contributed by atoms with Crippen molar-refractivity contribution in [2.75, 3.05) is 13.2 Å². The van der Waals surface area contributed by atoms with Crippen molar-refractivity contribution in [1.82, 2.24) is 9.88 Å². The lowest BCUT2D eigenvalue weighted by Crippen LogP contribution is -2.43. The number of allylic oxidation sites excluding steroid dienone is 1. The normalized spacial score (nSPS) is 24.4. The molecule has 8 heteroatoms. The topological polar surface area (TPSA) is 89.0 Å². The van der Waals surface area contributed by atoms with Gasteiger partial charge in [-0.1, -0.05) is 12.1 Å². The van der Waals surface area contributed by atoms with Gasteiger partial charge in [-0.15, -0.1) is 11.8 Å². The highest BCUT2D eigenvalue weighted by molar-refractivity contribution is 8.02. The number of carboxylic acids is 1. The highest BCUT2D eigenvalue weighted by atomic mass is 32.2. The smallest absolute Gasteiger partial charge is 0.411 e. The fourth-order valence-electron chi connectivity index (χ4n) is 3.27. The van der Waals surface area contributed by atoms with Gasteiger partial charge in [-0.3, -0.25) is 4.90 Å². The molecule has 0 spiro atoms. The van der Waals surface area contributed by atoms with Gasteiger partial charge in [0.15, 0.2) is 0 Å². The Labute approximate surface area is 169 Å². The molecule has 0 radical (unpaired) electrons. The van der Waals surface area contributed by atoms with Gasteiger partial charge in [0.2, 0.25) is 5.88 Å². The highest BCUT2D eigenvalue weighted by Crippen LogP contribution is 2.37. The van der Waals surface area contributed by atoms with E-state index in [0.29, 0.717) is 24.2 Å². The van der Waals surface area contributed by atoms with E-state index >= 15 is 0 Å². The van der Waals surface area contributed by atoms with E-state index in [1.807, 2.05) is 12.1 Å². The fourth-order valence-corrected chi connectivity index (χ4v) is 4.17. The minimum atomic E-state index is -1.03. The molecule has 0 bridgehead atoms. The van der Waals surface area contributed by atoms with Crippen LogP contribution in [0.15, 0.2) is 29.7 Å². The highest BCUT2D eigenvalue weighted by Gasteiger charge is 2.41. The number of carbonyl (C=O) groups is 2. The summed E-state index contributed by atoms with van der Waals surface area (Å²) in [6.07, 6.45) is 2.81. The molecule has 3 atom stereocenters. The molecule has 0 aliphatic carbocycles. The van der Waals surface area contributed by atoms with Crippen molar-refractivity contribution >= 4 is 23.8 Å². The van der Waals surface area contributed by atoms with Gasteiger partial charge in [-0.25, -0.2) is 14.6 Å². The van der Waals surface area contributed by atoms with Crippen LogP contribution in [0.4, 0.5) is 4.79 Å². The fraction of sp³-hybridized carbons (Fsp3) is 0.550. The first-order chi connectivity index (χ1) is 13.2. The lowest BCUT2D eigenvalue weighted by Gasteiger charge is -2.26. The molecule has 3 rings (SSSR count). The number of carbonyl (C=O) groups excluding carboxylic acids is 1. The van der Waals surface area contributed by atoms with Crippen LogP contribution in [-0.2, 0) is 9.53 Å². The van der Waals surface area contributed by atoms with Gasteiger partial charge in [-0.05, 0) is 45.1 Å². The molecule has 152 valence electrons. The van der Waals surface area contributed by atoms with Crippen LogP contribution in [0.2, 0.25) is 0 Å². The molecule has 1 amide bonds. The third-order valence-corrected chi connectivity index (χ3v) is 5.64. The standard InChI is InChI=1S/C20H26N2O5S/c1-20(2,3)27-19(25)22-11-13(10-15(22)18(23)24)12-26-17-8-4-6-14(21-17)16-7-5-9-28-16/h4-6,8-9,13,15-16H,7,10-12H2,1-3H3,(H,23,24)/t13-,15+,16?/m1/s1. The number of hydrogen-bond acceptors (Lipinski definition) is 6. The predicted molar refractivity (Wildman–Crippen MR) is 106 cm³/mol. The van der Waals surface area contributed by atoms with Gasteiger partial charge >= 0.3 is 12.1 Å². The van der Waals surface area contributed by atoms with Crippen LogP contribution >= 0.6 is 11.8 Å². The summed E-state index contributed by atoms with van der Waals surface area (Å²) < 4.78 is 11.2. The second-order valence-electron chi connectivity index (χ2n) is 8.03. The SMILES string of the molecule is CC(C)(C)OC(=O)N1C[C@H](COc2cccc(C3CC=CS3)n2)C[C@H]1C(=O)O. The monoisotopic (exact) mass is 406 g/mol. The minimum absolute atomic E-state index is 0.0957. The maximum absolute atomic E-state index is 12.4. The number of amides is 1. The Kier molecular flexibility index (Phi) is 6.17. The van der Waals surface area contributed by atoms with Crippen LogP contribution in [0.1, 0.15) is 44.6 Å². The molecule has 2 aliphatic heterocycles. The van der Waals surface area contributed by atoms with Crippen molar-refractivity contribution in [3.05, 3.63) is 35.4 Å². The number of likely N-dealkylation sites (tertiary alicyclic amines) is 1. The van der Waals surface area contributed by atoms with Crippen molar-refractivity contribution in [3.63, 3.8) is 0 Å². The molecule has 0 saturated carbocycles. The summed E-state index contributed by atoms with van der Waals surface area (Å²) in [6.45, 7) is 5.86. The van der Waals surface area contributed by atoms with E-state index in [1.165, 1.54) is 4.90 Å². The number of thioether (sulfide) groups is 1. The third-order valence-electron chi connectivity index (χ3n) is 4.53. The number of pyridine rings is 1. The summed E-state index contributed by atoms with van der Waals surface area (Å²) in [4.78, 5) is 29.8. The molecular formula is C20H26N2O5S. The maximum Gasteiger partial charge on any atom is 0.411 e. The average Bonchev–Trinajstić information content (AvgIpc) is 3.29. The van der Waals surface area contributed by atoms with Gasteiger partial charge in [0.05, 0.1) is 17.6 Å². The van der Waals surface area contributed by atoms with Crippen LogP contribution in [0.25, 0.3) is 0 Å². The van der Waals surface area contributed by atoms with Crippen LogP contribution in [0, 0.1) is 5.92 Å². The molecule has 1 aromatic heterocycles. The first-order valence-corrected chi connectivity index (χ1v) is 10.3. The third kappa shape index (κ3) is 5.19. The molecule has 0 aromatic carbocycles. The van der Waals surface area contributed by atoms with E-state index in [-0.39, 0.29) is 12.5 Å². The Bertz CT molecular complexity index is 753. The Morgan fingerprint density at radius 2 is 2.14 bits per heavy atom. The molecule has 7 nitrogen and oxygen atoms in total. The largest absolute Gasteiger partial charge is 0.480 e. The Hall–Kier alpha value is -2.22. The lowest BCUT2D eigenvalue weighted by molar-refractivity contribution is -0.142. The maximum atomic E-state index is 12.4. The number of ether oxygens (including phenoxy) is 2. The molecule has 3 heterocycles. The molecular weight excluding hydrogens is 380 g/mol. The molecule has 28 heavy (non-hydrogen) atoms. The minimum Gasteiger partial charge on any atom is -0.480 e. The second-order valence-corrected chi connectivity index (χ2v) is 9.15. The Morgan fingerprint density at radius 3 is 2.79 bits per heavy atom. The number of aliphatic carboxylic acids is 1. The van der Waals surface area contributed by atoms with Crippen molar-refractivity contribution in [2.45, 2.75) is 50.5 Å². The van der Waals surface area contributed by atoms with E-state index in [1.54, 1.807) is 38.6 Å². The molecule has 1 aromatic rings. The molecule has 1 saturated heterocycles. The van der Waals surface area contributed by atoms with Crippen LogP contribution < -0.4 is 4.74 Å². The van der Waals surface area contributed by atoms with Gasteiger partial charge in [0.25, 0.3) is 0 Å². The first-order valence-electron chi connectivity index (χ1n) is 9.35. The molecule has 1 N–H and O–H groups in total. The number of hydrogen-bond donors (Lipinski definition) is 1. The molecule has 1 fully saturated rings. The number of carboxylic acid groups (broad SMARTS) is 1. The van der Waals surface area contributed by atoms with Crippen LogP contribution in [0.3, 0.4) is 0 Å². The van der Waals surface area contributed by atoms with E-state index < -0.39 is 23.7 Å². The quantitative estimate of drug-likeness (QED) is 0.794. The van der Waals surface area contributed by atoms with Crippen LogP contribution in [-0.4, -0.2) is 51.8 Å². The number of aromatic nitrogens is 1. The Morgan fingerprint density at radius 1 is 1.36 bits per heavy atom. The summed E-state index contributed by atoms with van der Waals surface area (Å²) >= 11 is 1.74.